The zero-order chi connectivity index (χ0) is 20.4. The number of nitrogens with one attached hydrogen (secondary N) is 2. The number of benzene rings is 1. The van der Waals surface area contributed by atoms with E-state index >= 15 is 0 Å². The lowest BCUT2D eigenvalue weighted by molar-refractivity contribution is -0.135. The Morgan fingerprint density at radius 1 is 1.14 bits per heavy atom. The minimum atomic E-state index is -0.207. The van der Waals surface area contributed by atoms with Crippen LogP contribution in [0.2, 0.25) is 0 Å². The van der Waals surface area contributed by atoms with Gasteiger partial charge in [0.05, 0.1) is 11.4 Å². The van der Waals surface area contributed by atoms with Gasteiger partial charge in [0.15, 0.2) is 0 Å². The van der Waals surface area contributed by atoms with E-state index in [4.69, 9.17) is 0 Å². The fraction of sp³-hybridized carbons (Fsp3) is 0.409. The maximum Gasteiger partial charge on any atom is 0.243 e. The molecule has 1 saturated heterocycles. The zero-order valence-corrected chi connectivity index (χ0v) is 16.9. The van der Waals surface area contributed by atoms with Crippen LogP contribution in [0.3, 0.4) is 0 Å². The van der Waals surface area contributed by atoms with Gasteiger partial charge in [0.25, 0.3) is 0 Å². The summed E-state index contributed by atoms with van der Waals surface area (Å²) >= 11 is 0. The van der Waals surface area contributed by atoms with Gasteiger partial charge in [0.2, 0.25) is 11.8 Å². The van der Waals surface area contributed by atoms with E-state index in [0.717, 1.165) is 29.3 Å². The summed E-state index contributed by atoms with van der Waals surface area (Å²) in [6, 6.07) is 9.55. The number of hydrogen-bond acceptors (Lipinski definition) is 4. The average molecular weight is 393 g/mol. The molecule has 7 heteroatoms. The topological polar surface area (TPSA) is 79.3 Å². The molecular weight excluding hydrogens is 366 g/mol. The first-order valence-corrected chi connectivity index (χ1v) is 10.1. The second-order valence-corrected chi connectivity index (χ2v) is 7.79. The summed E-state index contributed by atoms with van der Waals surface area (Å²) < 4.78 is 1.89. The van der Waals surface area contributed by atoms with Crippen molar-refractivity contribution in [3.8, 4) is 5.69 Å². The monoisotopic (exact) mass is 393 g/mol. The van der Waals surface area contributed by atoms with Crippen molar-refractivity contribution in [2.45, 2.75) is 32.7 Å². The van der Waals surface area contributed by atoms with Crippen LogP contribution in [0.15, 0.2) is 42.5 Å². The largest absolute Gasteiger partial charge is 0.341 e. The summed E-state index contributed by atoms with van der Waals surface area (Å²) in [5.74, 6) is 0.0639. The number of aryl methyl sites for hydroxylation is 2. The number of carbonyl (C=O) groups is 2. The molecule has 0 unspecified atom stereocenters. The molecule has 4 rings (SSSR count). The van der Waals surface area contributed by atoms with Crippen molar-refractivity contribution in [3.05, 3.63) is 53.9 Å². The number of piperidine rings is 1. The second-order valence-electron chi connectivity index (χ2n) is 7.79. The van der Waals surface area contributed by atoms with E-state index in [0.29, 0.717) is 25.9 Å². The molecule has 0 aliphatic carbocycles. The molecule has 2 aliphatic heterocycles. The van der Waals surface area contributed by atoms with Crippen LogP contribution in [-0.2, 0) is 9.59 Å². The van der Waals surface area contributed by atoms with Crippen LogP contribution in [0, 0.1) is 19.8 Å². The highest BCUT2D eigenvalue weighted by atomic mass is 16.2. The first-order valence-electron chi connectivity index (χ1n) is 10.1. The first kappa shape index (κ1) is 19.4. The predicted octanol–water partition coefficient (Wildman–Crippen LogP) is 2.19. The normalized spacial score (nSPS) is 19.5. The predicted molar refractivity (Wildman–Crippen MR) is 112 cm³/mol. The molecule has 0 radical (unpaired) electrons. The molecular formula is C22H27N5O2. The fourth-order valence-corrected chi connectivity index (χ4v) is 4.02. The molecule has 7 nitrogen and oxygen atoms in total. The van der Waals surface area contributed by atoms with Gasteiger partial charge in [-0.15, -0.1) is 0 Å². The zero-order valence-electron chi connectivity index (χ0n) is 16.9. The molecule has 2 aromatic rings. The Kier molecular flexibility index (Phi) is 5.49. The molecule has 2 amide bonds. The Morgan fingerprint density at radius 2 is 1.86 bits per heavy atom. The van der Waals surface area contributed by atoms with E-state index < -0.39 is 0 Å². The van der Waals surface area contributed by atoms with E-state index in [1.165, 1.54) is 0 Å². The quantitative estimate of drug-likeness (QED) is 0.781. The second kappa shape index (κ2) is 8.21. The molecule has 1 fully saturated rings. The lowest BCUT2D eigenvalue weighted by Crippen LogP contribution is -2.48. The third-order valence-electron chi connectivity index (χ3n) is 5.62. The number of anilines is 1. The molecule has 1 aromatic heterocycles. The van der Waals surface area contributed by atoms with Crippen LogP contribution >= 0.6 is 0 Å². The molecule has 29 heavy (non-hydrogen) atoms. The highest BCUT2D eigenvalue weighted by Gasteiger charge is 2.30. The lowest BCUT2D eigenvalue weighted by Gasteiger charge is -2.32. The third-order valence-corrected chi connectivity index (χ3v) is 5.62. The van der Waals surface area contributed by atoms with Gasteiger partial charge in [-0.1, -0.05) is 12.2 Å². The Labute approximate surface area is 170 Å². The fourth-order valence-electron chi connectivity index (χ4n) is 4.02. The highest BCUT2D eigenvalue weighted by Crippen LogP contribution is 2.21. The number of aromatic nitrogens is 2. The van der Waals surface area contributed by atoms with Crippen molar-refractivity contribution in [2.75, 3.05) is 25.0 Å². The first-order chi connectivity index (χ1) is 14.0. The summed E-state index contributed by atoms with van der Waals surface area (Å²) in [4.78, 5) is 27.0. The molecule has 3 heterocycles. The van der Waals surface area contributed by atoms with E-state index in [-0.39, 0.29) is 23.8 Å². The van der Waals surface area contributed by atoms with E-state index in [2.05, 4.69) is 15.7 Å². The number of likely N-dealkylation sites (tertiary alicyclic amines) is 1. The minimum Gasteiger partial charge on any atom is -0.341 e. The van der Waals surface area contributed by atoms with Gasteiger partial charge in [-0.05, 0) is 57.0 Å². The van der Waals surface area contributed by atoms with Gasteiger partial charge in [-0.25, -0.2) is 4.68 Å². The van der Waals surface area contributed by atoms with Crippen molar-refractivity contribution < 1.29 is 9.59 Å². The molecule has 2 N–H and O–H groups in total. The van der Waals surface area contributed by atoms with Gasteiger partial charge in [-0.3, -0.25) is 14.9 Å². The number of nitrogens with zero attached hydrogens (tertiary/aromatic N) is 3. The van der Waals surface area contributed by atoms with Crippen molar-refractivity contribution in [2.24, 2.45) is 5.92 Å². The number of carbonyl (C=O) groups excluding carboxylic acids is 2. The lowest BCUT2D eigenvalue weighted by atomic mass is 9.95. The molecule has 2 aliphatic rings. The molecule has 0 saturated carbocycles. The molecule has 1 aromatic carbocycles. The number of rotatable bonds is 4. The van der Waals surface area contributed by atoms with Gasteiger partial charge in [0.1, 0.15) is 6.04 Å². The smallest absolute Gasteiger partial charge is 0.243 e. The van der Waals surface area contributed by atoms with E-state index in [1.807, 2.05) is 65.9 Å². The van der Waals surface area contributed by atoms with Crippen molar-refractivity contribution >= 4 is 17.5 Å². The minimum absolute atomic E-state index is 0.0230. The van der Waals surface area contributed by atoms with Crippen LogP contribution in [0.1, 0.15) is 24.2 Å². The highest BCUT2D eigenvalue weighted by molar-refractivity contribution is 5.93. The summed E-state index contributed by atoms with van der Waals surface area (Å²) in [5.41, 5.74) is 3.79. The van der Waals surface area contributed by atoms with Gasteiger partial charge >= 0.3 is 0 Å². The average Bonchev–Trinajstić information content (AvgIpc) is 3.38. The van der Waals surface area contributed by atoms with Crippen LogP contribution in [0.4, 0.5) is 5.69 Å². The Bertz CT molecular complexity index is 923. The maximum absolute atomic E-state index is 12.7. The Hall–Kier alpha value is -2.93. The van der Waals surface area contributed by atoms with Crippen LogP contribution < -0.4 is 10.6 Å². The van der Waals surface area contributed by atoms with Crippen molar-refractivity contribution in [1.82, 2.24) is 20.0 Å². The van der Waals surface area contributed by atoms with E-state index in [9.17, 15) is 9.59 Å². The van der Waals surface area contributed by atoms with Crippen LogP contribution in [0.25, 0.3) is 5.69 Å². The third kappa shape index (κ3) is 4.24. The van der Waals surface area contributed by atoms with Crippen LogP contribution in [-0.4, -0.2) is 52.2 Å². The molecule has 1 atom stereocenters. The molecule has 0 bridgehead atoms. The van der Waals surface area contributed by atoms with Gasteiger partial charge in [-0.2, -0.15) is 5.10 Å². The number of amides is 2. The maximum atomic E-state index is 12.7. The SMILES string of the molecule is Cc1cc(C)n(-c2ccc(NC(=O)C3CCN(C(=O)[C@@H]4C=CCN4)CC3)cc2)n1. The van der Waals surface area contributed by atoms with Crippen molar-refractivity contribution in [1.29, 1.82) is 0 Å². The standard InChI is InChI=1S/C22H27N5O2/c1-15-14-16(2)27(25-15)19-7-5-18(6-8-19)24-21(28)17-9-12-26(13-10-17)22(29)20-4-3-11-23-20/h3-8,14,17,20,23H,9-13H2,1-2H3,(H,24,28)/t20-/m0/s1. The summed E-state index contributed by atoms with van der Waals surface area (Å²) in [6.45, 7) is 5.98. The Morgan fingerprint density at radius 3 is 2.45 bits per heavy atom. The molecule has 0 spiro atoms. The summed E-state index contributed by atoms with van der Waals surface area (Å²) in [5, 5.41) is 10.7. The summed E-state index contributed by atoms with van der Waals surface area (Å²) in [7, 11) is 0. The van der Waals surface area contributed by atoms with Gasteiger partial charge in [0, 0.05) is 36.9 Å². The van der Waals surface area contributed by atoms with Crippen LogP contribution in [0.5, 0.6) is 0 Å². The van der Waals surface area contributed by atoms with Gasteiger partial charge < -0.3 is 10.2 Å². The van der Waals surface area contributed by atoms with E-state index in [1.54, 1.807) is 0 Å². The Balaban J connectivity index is 1.31. The number of hydrogen-bond donors (Lipinski definition) is 2. The molecule has 152 valence electrons. The summed E-state index contributed by atoms with van der Waals surface area (Å²) in [6.07, 6.45) is 5.27. The van der Waals surface area contributed by atoms with Crippen molar-refractivity contribution in [3.63, 3.8) is 0 Å².